The Labute approximate surface area is 200 Å². The minimum Gasteiger partial charge on any atom is -0.495 e. The van der Waals surface area contributed by atoms with Crippen molar-refractivity contribution in [3.63, 3.8) is 0 Å². The first-order valence-electron chi connectivity index (χ1n) is 11.8. The van der Waals surface area contributed by atoms with Crippen LogP contribution in [0.1, 0.15) is 59.8 Å². The Morgan fingerprint density at radius 2 is 1.88 bits per heavy atom. The second-order valence-corrected chi connectivity index (χ2v) is 9.84. The monoisotopic (exact) mass is 473 g/mol. The Balaban J connectivity index is 1.56. The highest BCUT2D eigenvalue weighted by molar-refractivity contribution is 6.09. The summed E-state index contributed by atoms with van der Waals surface area (Å²) in [5.74, 6) is -0.828. The molecule has 1 unspecified atom stereocenters. The van der Waals surface area contributed by atoms with E-state index < -0.39 is 42.0 Å². The van der Waals surface area contributed by atoms with E-state index in [2.05, 4.69) is 31.4 Å². The Bertz CT molecular complexity index is 952. The molecule has 1 spiro atoms. The molecule has 9 nitrogen and oxygen atoms in total. The summed E-state index contributed by atoms with van der Waals surface area (Å²) in [5, 5.41) is 5.47. The minimum atomic E-state index is -1.13. The van der Waals surface area contributed by atoms with Gasteiger partial charge in [0.15, 0.2) is 6.10 Å². The maximum absolute atomic E-state index is 13.1. The number of amides is 4. The summed E-state index contributed by atoms with van der Waals surface area (Å²) in [7, 11) is 1.48. The molecule has 4 amide bonds. The number of imide groups is 1. The lowest BCUT2D eigenvalue weighted by atomic mass is 9.65. The van der Waals surface area contributed by atoms with Crippen molar-refractivity contribution in [2.45, 2.75) is 71.4 Å². The van der Waals surface area contributed by atoms with Crippen molar-refractivity contribution >= 4 is 29.5 Å². The molecule has 1 saturated carbocycles. The zero-order valence-corrected chi connectivity index (χ0v) is 20.6. The van der Waals surface area contributed by atoms with Gasteiger partial charge in [-0.2, -0.15) is 0 Å². The fourth-order valence-corrected chi connectivity index (χ4v) is 4.74. The van der Waals surface area contributed by atoms with Gasteiger partial charge >= 0.3 is 12.0 Å². The summed E-state index contributed by atoms with van der Waals surface area (Å²) in [6.07, 6.45) is 2.70. The number of hydrogen-bond donors (Lipinski definition) is 2. The van der Waals surface area contributed by atoms with Gasteiger partial charge in [-0.15, -0.1) is 0 Å². The number of carbonyl (C=O) groups is 4. The largest absolute Gasteiger partial charge is 0.495 e. The van der Waals surface area contributed by atoms with Gasteiger partial charge in [-0.1, -0.05) is 39.3 Å². The number of rotatable bonds is 8. The Hall–Kier alpha value is -3.10. The maximum atomic E-state index is 13.1. The smallest absolute Gasteiger partial charge is 0.327 e. The molecule has 0 aromatic heterocycles. The van der Waals surface area contributed by atoms with Crippen LogP contribution in [0.25, 0.3) is 0 Å². The first-order valence-corrected chi connectivity index (χ1v) is 11.8. The summed E-state index contributed by atoms with van der Waals surface area (Å²) in [4.78, 5) is 51.5. The van der Waals surface area contributed by atoms with Crippen LogP contribution in [0, 0.1) is 11.3 Å². The summed E-state index contributed by atoms with van der Waals surface area (Å²) in [6, 6.07) is 6.25. The third kappa shape index (κ3) is 5.18. The van der Waals surface area contributed by atoms with E-state index in [1.54, 1.807) is 24.3 Å². The van der Waals surface area contributed by atoms with Gasteiger partial charge in [-0.25, -0.2) is 4.79 Å². The van der Waals surface area contributed by atoms with E-state index in [0.29, 0.717) is 30.2 Å². The van der Waals surface area contributed by atoms with E-state index in [1.807, 2.05) is 0 Å². The van der Waals surface area contributed by atoms with Gasteiger partial charge in [0.2, 0.25) is 0 Å². The molecular weight excluding hydrogens is 438 g/mol. The van der Waals surface area contributed by atoms with E-state index in [-0.39, 0.29) is 5.41 Å². The van der Waals surface area contributed by atoms with Crippen LogP contribution in [-0.4, -0.2) is 54.0 Å². The highest BCUT2D eigenvalue weighted by atomic mass is 16.5. The van der Waals surface area contributed by atoms with Gasteiger partial charge < -0.3 is 20.1 Å². The Morgan fingerprint density at radius 3 is 2.50 bits per heavy atom. The summed E-state index contributed by atoms with van der Waals surface area (Å²) < 4.78 is 10.4. The van der Waals surface area contributed by atoms with Gasteiger partial charge in [0.05, 0.1) is 12.8 Å². The molecule has 0 radical (unpaired) electrons. The number of ether oxygens (including phenoxy) is 2. The van der Waals surface area contributed by atoms with E-state index in [9.17, 15) is 19.2 Å². The lowest BCUT2D eigenvalue weighted by Crippen LogP contribution is -2.51. The number of para-hydroxylation sites is 2. The molecule has 3 rings (SSSR count). The van der Waals surface area contributed by atoms with E-state index in [0.717, 1.165) is 24.2 Å². The van der Waals surface area contributed by atoms with Crippen LogP contribution in [0.15, 0.2) is 24.3 Å². The average molecular weight is 474 g/mol. The van der Waals surface area contributed by atoms with Crippen LogP contribution in [0.2, 0.25) is 0 Å². The standard InChI is InChI=1S/C25H35N3O6/c1-6-24(3,4)17-11-13-25(14-12-17)22(31)28(23(32)27-25)15-20(29)34-16(2)21(30)26-18-9-7-8-10-19(18)33-5/h7-10,16-17H,6,11-15H2,1-5H3,(H,26,30)(H,27,32). The fourth-order valence-electron chi connectivity index (χ4n) is 4.74. The highest BCUT2D eigenvalue weighted by Crippen LogP contribution is 2.45. The molecule has 1 aliphatic heterocycles. The first kappa shape index (κ1) is 25.5. The number of nitrogens with one attached hydrogen (secondary N) is 2. The van der Waals surface area contributed by atoms with Gasteiger partial charge in [0.1, 0.15) is 17.8 Å². The molecule has 1 aliphatic carbocycles. The topological polar surface area (TPSA) is 114 Å². The van der Waals surface area contributed by atoms with Crippen LogP contribution in [-0.2, 0) is 19.1 Å². The fraction of sp³-hybridized carbons (Fsp3) is 0.600. The van der Waals surface area contributed by atoms with E-state index in [4.69, 9.17) is 9.47 Å². The molecule has 186 valence electrons. The Kier molecular flexibility index (Phi) is 7.53. The quantitative estimate of drug-likeness (QED) is 0.441. The van der Waals surface area contributed by atoms with Crippen molar-refractivity contribution in [3.05, 3.63) is 24.3 Å². The van der Waals surface area contributed by atoms with Crippen molar-refractivity contribution in [2.75, 3.05) is 19.0 Å². The second-order valence-electron chi connectivity index (χ2n) is 9.84. The molecule has 1 aromatic carbocycles. The number of esters is 1. The third-order valence-corrected chi connectivity index (χ3v) is 7.43. The predicted octanol–water partition coefficient (Wildman–Crippen LogP) is 3.48. The highest BCUT2D eigenvalue weighted by Gasteiger charge is 2.54. The lowest BCUT2D eigenvalue weighted by Gasteiger charge is -2.42. The van der Waals surface area contributed by atoms with Crippen LogP contribution in [0.3, 0.4) is 0 Å². The van der Waals surface area contributed by atoms with Crippen molar-refractivity contribution in [2.24, 2.45) is 11.3 Å². The molecular formula is C25H35N3O6. The molecule has 9 heteroatoms. The predicted molar refractivity (Wildman–Crippen MR) is 126 cm³/mol. The van der Waals surface area contributed by atoms with Gasteiger partial charge in [-0.05, 0) is 56.1 Å². The minimum absolute atomic E-state index is 0.178. The zero-order valence-electron chi connectivity index (χ0n) is 20.6. The lowest BCUT2D eigenvalue weighted by molar-refractivity contribution is -0.155. The van der Waals surface area contributed by atoms with Crippen LogP contribution in [0.4, 0.5) is 10.5 Å². The summed E-state index contributed by atoms with van der Waals surface area (Å²) in [5.41, 5.74) is -0.335. The molecule has 2 aliphatic rings. The van der Waals surface area contributed by atoms with Crippen LogP contribution in [0.5, 0.6) is 5.75 Å². The van der Waals surface area contributed by atoms with E-state index in [1.165, 1.54) is 14.0 Å². The van der Waals surface area contributed by atoms with Gasteiger partial charge in [0, 0.05) is 0 Å². The number of methoxy groups -OCH3 is 1. The third-order valence-electron chi connectivity index (χ3n) is 7.43. The van der Waals surface area contributed by atoms with Crippen molar-refractivity contribution in [1.82, 2.24) is 10.2 Å². The number of hydrogen-bond acceptors (Lipinski definition) is 6. The van der Waals surface area contributed by atoms with Gasteiger partial charge in [-0.3, -0.25) is 19.3 Å². The molecule has 1 aromatic rings. The van der Waals surface area contributed by atoms with Gasteiger partial charge in [0.25, 0.3) is 11.8 Å². The normalized spacial score (nSPS) is 23.4. The summed E-state index contributed by atoms with van der Waals surface area (Å²) in [6.45, 7) is 7.52. The van der Waals surface area contributed by atoms with Crippen molar-refractivity contribution < 1.29 is 28.7 Å². The number of anilines is 1. The molecule has 1 saturated heterocycles. The number of benzene rings is 1. The van der Waals surface area contributed by atoms with E-state index >= 15 is 0 Å². The molecule has 2 fully saturated rings. The average Bonchev–Trinajstić information content (AvgIpc) is 3.03. The van der Waals surface area contributed by atoms with Crippen molar-refractivity contribution in [1.29, 1.82) is 0 Å². The summed E-state index contributed by atoms with van der Waals surface area (Å²) >= 11 is 0. The molecule has 0 bridgehead atoms. The molecule has 1 atom stereocenters. The molecule has 1 heterocycles. The second kappa shape index (κ2) is 10.0. The van der Waals surface area contributed by atoms with Crippen molar-refractivity contribution in [3.8, 4) is 5.75 Å². The SMILES string of the molecule is CCC(C)(C)C1CCC2(CC1)NC(=O)N(CC(=O)OC(C)C(=O)Nc1ccccc1OC)C2=O. The molecule has 2 N–H and O–H groups in total. The maximum Gasteiger partial charge on any atom is 0.327 e. The van der Waals surface area contributed by atoms with Crippen LogP contribution < -0.4 is 15.4 Å². The molecule has 34 heavy (non-hydrogen) atoms. The zero-order chi connectivity index (χ0) is 25.1. The first-order chi connectivity index (χ1) is 16.0. The van der Waals surface area contributed by atoms with Crippen LogP contribution >= 0.6 is 0 Å². The Morgan fingerprint density at radius 1 is 1.24 bits per heavy atom. The number of nitrogens with zero attached hydrogens (tertiary/aromatic N) is 1. The number of carbonyl (C=O) groups excluding carboxylic acids is 4. The number of urea groups is 1.